The van der Waals surface area contributed by atoms with Crippen molar-refractivity contribution in [3.63, 3.8) is 0 Å². The molecule has 0 saturated heterocycles. The zero-order chi connectivity index (χ0) is 20.4. The number of nitrogens with zero attached hydrogens (tertiary/aromatic N) is 2. The van der Waals surface area contributed by atoms with Crippen molar-refractivity contribution < 1.29 is 9.47 Å². The number of thiazole rings is 1. The van der Waals surface area contributed by atoms with Gasteiger partial charge in [-0.1, -0.05) is 26.0 Å². The average Bonchev–Trinajstić information content (AvgIpc) is 3.16. The molecule has 28 heavy (non-hydrogen) atoms. The fraction of sp³-hybridized carbons (Fsp3) is 0.524. The number of guanidine groups is 1. The lowest BCUT2D eigenvalue weighted by molar-refractivity contribution is 0.219. The molecule has 1 aromatic heterocycles. The van der Waals surface area contributed by atoms with Gasteiger partial charge in [-0.3, -0.25) is 0 Å². The Kier molecular flexibility index (Phi) is 9.07. The Morgan fingerprint density at radius 2 is 1.93 bits per heavy atom. The Hall–Kier alpha value is -2.28. The number of hydrogen-bond acceptors (Lipinski definition) is 5. The maximum Gasteiger partial charge on any atom is 0.191 e. The monoisotopic (exact) mass is 404 g/mol. The molecule has 0 spiro atoms. The third-order valence-corrected chi connectivity index (χ3v) is 5.18. The fourth-order valence-electron chi connectivity index (χ4n) is 2.54. The van der Waals surface area contributed by atoms with Crippen LogP contribution in [-0.4, -0.2) is 43.8 Å². The smallest absolute Gasteiger partial charge is 0.191 e. The molecule has 0 radical (unpaired) electrons. The van der Waals surface area contributed by atoms with Gasteiger partial charge in [0.15, 0.2) is 17.5 Å². The maximum absolute atomic E-state index is 5.97. The summed E-state index contributed by atoms with van der Waals surface area (Å²) in [5.41, 5.74) is 1.13. The highest BCUT2D eigenvalue weighted by atomic mass is 32.1. The van der Waals surface area contributed by atoms with E-state index < -0.39 is 0 Å². The molecule has 0 aliphatic carbocycles. The molecule has 1 heterocycles. The highest BCUT2D eigenvalue weighted by Gasteiger charge is 2.09. The van der Waals surface area contributed by atoms with Crippen molar-refractivity contribution in [2.24, 2.45) is 4.99 Å². The molecular weight excluding hydrogens is 372 g/mol. The molecule has 2 N–H and O–H groups in total. The number of ether oxygens (including phenoxy) is 2. The molecule has 0 amide bonds. The van der Waals surface area contributed by atoms with Gasteiger partial charge in [-0.15, -0.1) is 11.3 Å². The van der Waals surface area contributed by atoms with E-state index in [1.807, 2.05) is 31.2 Å². The molecule has 1 atom stereocenters. The maximum atomic E-state index is 5.97. The molecule has 2 rings (SSSR count). The Labute approximate surface area is 172 Å². The fourth-order valence-corrected chi connectivity index (χ4v) is 3.41. The number of methoxy groups -OCH3 is 1. The lowest BCUT2D eigenvalue weighted by Gasteiger charge is -2.16. The van der Waals surface area contributed by atoms with Crippen LogP contribution in [0.1, 0.15) is 44.3 Å². The third-order valence-electron chi connectivity index (χ3n) is 3.98. The first-order chi connectivity index (χ1) is 13.5. The van der Waals surface area contributed by atoms with E-state index >= 15 is 0 Å². The molecule has 0 bridgehead atoms. The molecule has 7 heteroatoms. The van der Waals surface area contributed by atoms with Crippen LogP contribution in [-0.2, 0) is 6.42 Å². The predicted octanol–water partition coefficient (Wildman–Crippen LogP) is 3.84. The number of aromatic nitrogens is 1. The van der Waals surface area contributed by atoms with E-state index in [1.54, 1.807) is 18.4 Å². The SMILES string of the molecule is CCNC(=NCC(C)Oc1ccccc1OC)NCCc1csc(C(C)C)n1. The van der Waals surface area contributed by atoms with Crippen LogP contribution in [0.25, 0.3) is 0 Å². The van der Waals surface area contributed by atoms with Gasteiger partial charge in [0.2, 0.25) is 0 Å². The van der Waals surface area contributed by atoms with Gasteiger partial charge >= 0.3 is 0 Å². The van der Waals surface area contributed by atoms with E-state index in [-0.39, 0.29) is 6.10 Å². The molecule has 1 aromatic carbocycles. The first-order valence-corrected chi connectivity index (χ1v) is 10.7. The highest BCUT2D eigenvalue weighted by molar-refractivity contribution is 7.09. The summed E-state index contributed by atoms with van der Waals surface area (Å²) in [6, 6.07) is 7.65. The highest BCUT2D eigenvalue weighted by Crippen LogP contribution is 2.26. The van der Waals surface area contributed by atoms with Crippen LogP contribution in [0.2, 0.25) is 0 Å². The predicted molar refractivity (Wildman–Crippen MR) is 117 cm³/mol. The average molecular weight is 405 g/mol. The number of nitrogens with one attached hydrogen (secondary N) is 2. The van der Waals surface area contributed by atoms with Gasteiger partial charge in [0, 0.05) is 30.8 Å². The van der Waals surface area contributed by atoms with Crippen LogP contribution in [0.5, 0.6) is 11.5 Å². The van der Waals surface area contributed by atoms with Gasteiger partial charge in [-0.2, -0.15) is 0 Å². The molecule has 0 aliphatic rings. The summed E-state index contributed by atoms with van der Waals surface area (Å²) in [5, 5.41) is 9.98. The molecule has 0 aliphatic heterocycles. The van der Waals surface area contributed by atoms with Gasteiger partial charge < -0.3 is 20.1 Å². The topological polar surface area (TPSA) is 67.8 Å². The van der Waals surface area contributed by atoms with Gasteiger partial charge in [0.1, 0.15) is 6.10 Å². The number of benzene rings is 1. The van der Waals surface area contributed by atoms with E-state index in [0.29, 0.717) is 12.5 Å². The van der Waals surface area contributed by atoms with E-state index in [4.69, 9.17) is 9.47 Å². The van der Waals surface area contributed by atoms with Crippen LogP contribution in [0, 0.1) is 0 Å². The quantitative estimate of drug-likeness (QED) is 0.465. The summed E-state index contributed by atoms with van der Waals surface area (Å²) in [6.07, 6.45) is 0.805. The van der Waals surface area contributed by atoms with E-state index in [0.717, 1.165) is 42.7 Å². The van der Waals surface area contributed by atoms with Crippen molar-refractivity contribution in [3.8, 4) is 11.5 Å². The Balaban J connectivity index is 1.84. The lowest BCUT2D eigenvalue weighted by atomic mass is 10.2. The Morgan fingerprint density at radius 1 is 1.18 bits per heavy atom. The van der Waals surface area contributed by atoms with Gasteiger partial charge in [-0.25, -0.2) is 9.98 Å². The number of para-hydroxylation sites is 2. The zero-order valence-electron chi connectivity index (χ0n) is 17.5. The van der Waals surface area contributed by atoms with Crippen molar-refractivity contribution in [1.82, 2.24) is 15.6 Å². The van der Waals surface area contributed by atoms with Gasteiger partial charge in [0.05, 0.1) is 24.4 Å². The van der Waals surface area contributed by atoms with Crippen LogP contribution in [0.15, 0.2) is 34.6 Å². The number of aliphatic imine (C=N–C) groups is 1. The summed E-state index contributed by atoms with van der Waals surface area (Å²) >= 11 is 1.73. The standard InChI is InChI=1S/C21H32N4O2S/c1-6-22-21(23-12-11-17-14-28-20(25-17)15(2)3)24-13-16(4)27-19-10-8-7-9-18(19)26-5/h7-10,14-16H,6,11-13H2,1-5H3,(H2,22,23,24). The van der Waals surface area contributed by atoms with E-state index in [9.17, 15) is 0 Å². The summed E-state index contributed by atoms with van der Waals surface area (Å²) in [5.74, 6) is 2.73. The van der Waals surface area contributed by atoms with Crippen molar-refractivity contribution in [3.05, 3.63) is 40.3 Å². The molecule has 2 aromatic rings. The number of hydrogen-bond donors (Lipinski definition) is 2. The molecule has 0 fully saturated rings. The first kappa shape index (κ1) is 22.0. The molecule has 154 valence electrons. The minimum atomic E-state index is -0.0705. The van der Waals surface area contributed by atoms with E-state index in [1.165, 1.54) is 5.01 Å². The molecular formula is C21H32N4O2S. The summed E-state index contributed by atoms with van der Waals surface area (Å²) in [4.78, 5) is 9.32. The molecule has 1 unspecified atom stereocenters. The zero-order valence-corrected chi connectivity index (χ0v) is 18.3. The van der Waals surface area contributed by atoms with Crippen molar-refractivity contribution in [2.45, 2.75) is 46.1 Å². The lowest BCUT2D eigenvalue weighted by Crippen LogP contribution is -2.39. The second kappa shape index (κ2) is 11.5. The Morgan fingerprint density at radius 3 is 2.57 bits per heavy atom. The third kappa shape index (κ3) is 7.03. The van der Waals surface area contributed by atoms with Crippen LogP contribution in [0.3, 0.4) is 0 Å². The van der Waals surface area contributed by atoms with Crippen LogP contribution < -0.4 is 20.1 Å². The minimum Gasteiger partial charge on any atom is -0.493 e. The van der Waals surface area contributed by atoms with Crippen LogP contribution in [0.4, 0.5) is 0 Å². The van der Waals surface area contributed by atoms with Gasteiger partial charge in [-0.05, 0) is 26.0 Å². The van der Waals surface area contributed by atoms with Crippen LogP contribution >= 0.6 is 11.3 Å². The minimum absolute atomic E-state index is 0.0705. The van der Waals surface area contributed by atoms with E-state index in [2.05, 4.69) is 46.8 Å². The Bertz CT molecular complexity index is 746. The molecule has 0 saturated carbocycles. The normalized spacial score (nSPS) is 12.7. The first-order valence-electron chi connectivity index (χ1n) is 9.79. The summed E-state index contributed by atoms with van der Waals surface area (Å²) in [7, 11) is 1.64. The second-order valence-electron chi connectivity index (χ2n) is 6.81. The van der Waals surface area contributed by atoms with Gasteiger partial charge in [0.25, 0.3) is 0 Å². The second-order valence-corrected chi connectivity index (χ2v) is 7.70. The number of rotatable bonds is 10. The summed E-state index contributed by atoms with van der Waals surface area (Å²) in [6.45, 7) is 10.5. The van der Waals surface area contributed by atoms with Crippen molar-refractivity contribution in [2.75, 3.05) is 26.7 Å². The summed E-state index contributed by atoms with van der Waals surface area (Å²) < 4.78 is 11.3. The van der Waals surface area contributed by atoms with Crippen molar-refractivity contribution in [1.29, 1.82) is 0 Å². The largest absolute Gasteiger partial charge is 0.493 e. The molecule has 6 nitrogen and oxygen atoms in total. The van der Waals surface area contributed by atoms with Crippen molar-refractivity contribution >= 4 is 17.3 Å².